The predicted molar refractivity (Wildman–Crippen MR) is 143 cm³/mol. The molecule has 4 aromatic rings. The van der Waals surface area contributed by atoms with E-state index in [4.69, 9.17) is 4.74 Å². The summed E-state index contributed by atoms with van der Waals surface area (Å²) in [6.07, 6.45) is 6.04. The fourth-order valence-electron chi connectivity index (χ4n) is 6.21. The maximum absolute atomic E-state index is 11.7. The second-order valence-electron chi connectivity index (χ2n) is 10.1. The van der Waals surface area contributed by atoms with E-state index in [-0.39, 0.29) is 17.5 Å². The second kappa shape index (κ2) is 9.68. The quantitative estimate of drug-likeness (QED) is 0.314. The highest BCUT2D eigenvalue weighted by atomic mass is 16.5. The summed E-state index contributed by atoms with van der Waals surface area (Å²) in [6, 6.07) is 12.7. The van der Waals surface area contributed by atoms with E-state index in [0.29, 0.717) is 45.3 Å². The van der Waals surface area contributed by atoms with Crippen molar-refractivity contribution in [3.05, 3.63) is 60.4 Å². The molecule has 8 nitrogen and oxygen atoms in total. The van der Waals surface area contributed by atoms with Crippen molar-refractivity contribution in [2.75, 3.05) is 20.2 Å². The van der Waals surface area contributed by atoms with Crippen molar-refractivity contribution in [2.45, 2.75) is 38.3 Å². The van der Waals surface area contributed by atoms with Crippen molar-refractivity contribution >= 4 is 33.2 Å². The molecule has 2 aromatic carbocycles. The van der Waals surface area contributed by atoms with Gasteiger partial charge in [0.2, 0.25) is 0 Å². The number of aromatic nitrogens is 2. The number of hydrogen-bond acceptors (Lipinski definition) is 8. The average Bonchev–Trinajstić information content (AvgIpc) is 2.95. The highest BCUT2D eigenvalue weighted by Crippen LogP contribution is 2.45. The highest BCUT2D eigenvalue weighted by molar-refractivity contribution is 5.96. The van der Waals surface area contributed by atoms with Crippen LogP contribution in [0.25, 0.3) is 21.8 Å². The Balaban J connectivity index is 1.43. The third kappa shape index (κ3) is 4.20. The zero-order valence-electron chi connectivity index (χ0n) is 21.1. The van der Waals surface area contributed by atoms with Crippen LogP contribution >= 0.6 is 0 Å². The Kier molecular flexibility index (Phi) is 6.22. The van der Waals surface area contributed by atoms with Crippen molar-refractivity contribution in [2.24, 2.45) is 22.1 Å². The lowest BCUT2D eigenvalue weighted by Crippen LogP contribution is -2.55. The van der Waals surface area contributed by atoms with Gasteiger partial charge in [0.1, 0.15) is 22.9 Å². The van der Waals surface area contributed by atoms with Crippen LogP contribution in [-0.4, -0.2) is 51.3 Å². The number of aliphatic hydroxyl groups excluding tert-OH is 1. The fourth-order valence-corrected chi connectivity index (χ4v) is 6.21. The number of pyridine rings is 2. The first-order valence-electron chi connectivity index (χ1n) is 12.9. The van der Waals surface area contributed by atoms with E-state index in [2.05, 4.69) is 32.0 Å². The van der Waals surface area contributed by atoms with Gasteiger partial charge in [-0.05, 0) is 67.1 Å². The summed E-state index contributed by atoms with van der Waals surface area (Å²) in [5.74, 6) is 1.96. The van der Waals surface area contributed by atoms with Crippen LogP contribution in [0, 0.1) is 11.8 Å². The summed E-state index contributed by atoms with van der Waals surface area (Å²) in [5.41, 5.74) is 2.86. The lowest BCUT2D eigenvalue weighted by atomic mass is 9.72. The molecule has 2 bridgehead atoms. The Labute approximate surface area is 215 Å². The molecule has 7 rings (SSSR count). The number of phenolic OH excluding ortho intramolecular Hbond substituents is 1. The van der Waals surface area contributed by atoms with E-state index in [9.17, 15) is 10.2 Å². The van der Waals surface area contributed by atoms with Crippen molar-refractivity contribution in [1.82, 2.24) is 14.9 Å². The summed E-state index contributed by atoms with van der Waals surface area (Å²) in [5, 5.41) is 33.1. The van der Waals surface area contributed by atoms with Gasteiger partial charge < -0.3 is 14.9 Å². The minimum atomic E-state index is -0.721. The smallest absolute Gasteiger partial charge is 0.143 e. The molecule has 2 N–H and O–H groups in total. The van der Waals surface area contributed by atoms with Gasteiger partial charge in [0.05, 0.1) is 24.2 Å². The van der Waals surface area contributed by atoms with E-state index < -0.39 is 6.10 Å². The zero-order valence-corrected chi connectivity index (χ0v) is 21.1. The number of ether oxygens (including phenoxy) is 1. The van der Waals surface area contributed by atoms with Gasteiger partial charge >= 0.3 is 0 Å². The molecular formula is C29H31N5O3. The van der Waals surface area contributed by atoms with Gasteiger partial charge in [-0.3, -0.25) is 14.9 Å². The number of methoxy groups -OCH3 is 1. The fraction of sp³-hybridized carbons (Fsp3) is 0.379. The Hall–Kier alpha value is -3.62. The van der Waals surface area contributed by atoms with Crippen LogP contribution in [0.3, 0.4) is 0 Å². The predicted octanol–water partition coefficient (Wildman–Crippen LogP) is 6.07. The van der Waals surface area contributed by atoms with Crippen molar-refractivity contribution in [3.63, 3.8) is 0 Å². The number of hydrogen-bond donors (Lipinski definition) is 2. The Morgan fingerprint density at radius 3 is 2.81 bits per heavy atom. The van der Waals surface area contributed by atoms with Crippen molar-refractivity contribution < 1.29 is 14.9 Å². The summed E-state index contributed by atoms with van der Waals surface area (Å²) >= 11 is 0. The summed E-state index contributed by atoms with van der Waals surface area (Å²) in [7, 11) is 1.60. The minimum absolute atomic E-state index is 0.0191. The molecule has 0 saturated carbocycles. The molecule has 37 heavy (non-hydrogen) atoms. The van der Waals surface area contributed by atoms with Crippen molar-refractivity contribution in [1.29, 1.82) is 0 Å². The largest absolute Gasteiger partial charge is 0.506 e. The molecule has 3 saturated heterocycles. The van der Waals surface area contributed by atoms with Crippen molar-refractivity contribution in [3.8, 4) is 11.5 Å². The van der Waals surface area contributed by atoms with Gasteiger partial charge in [-0.25, -0.2) is 0 Å². The molecule has 5 atom stereocenters. The molecule has 5 unspecified atom stereocenters. The molecule has 8 heteroatoms. The first kappa shape index (κ1) is 23.8. The molecule has 2 aromatic heterocycles. The van der Waals surface area contributed by atoms with Gasteiger partial charge in [-0.15, -0.1) is 10.2 Å². The van der Waals surface area contributed by atoms with Crippen LogP contribution in [0.5, 0.6) is 11.5 Å². The Morgan fingerprint density at radius 2 is 2.03 bits per heavy atom. The zero-order chi connectivity index (χ0) is 25.5. The highest BCUT2D eigenvalue weighted by Gasteiger charge is 2.42. The molecule has 0 aliphatic carbocycles. The number of fused-ring (bicyclic) bond motifs is 5. The molecule has 190 valence electrons. The van der Waals surface area contributed by atoms with E-state index in [1.807, 2.05) is 24.3 Å². The van der Waals surface area contributed by atoms with Crippen LogP contribution in [0.4, 0.5) is 11.4 Å². The van der Waals surface area contributed by atoms with Crippen LogP contribution in [0.15, 0.2) is 65.1 Å². The van der Waals surface area contributed by atoms with Crippen LogP contribution in [-0.2, 0) is 0 Å². The average molecular weight is 498 g/mol. The van der Waals surface area contributed by atoms with Gasteiger partial charge in [0, 0.05) is 41.8 Å². The minimum Gasteiger partial charge on any atom is -0.506 e. The Bertz CT molecular complexity index is 1490. The van der Waals surface area contributed by atoms with Crippen LogP contribution in [0.1, 0.15) is 37.9 Å². The SMILES string of the molecule is CCC1CN2CCC1CC2C(O)c1ccnc2ccc(O)c(N=Nc3cc(OC)cc4cccnc34)c12. The molecular weight excluding hydrogens is 466 g/mol. The molecule has 3 fully saturated rings. The first-order chi connectivity index (χ1) is 18.1. The van der Waals surface area contributed by atoms with Gasteiger partial charge in [-0.2, -0.15) is 0 Å². The van der Waals surface area contributed by atoms with E-state index in [1.54, 1.807) is 37.7 Å². The number of benzene rings is 2. The standard InChI is InChI=1S/C29H31N5O3/c1-3-17-16-34-12-9-18(17)14-24(34)29(36)21-8-11-30-22-6-7-25(35)28(26(21)22)33-32-23-15-20(37-2)13-19-5-4-10-31-27(19)23/h4-8,10-11,13,15,17-18,24,29,35-36H,3,9,12,14,16H2,1-2H3. The molecule has 0 radical (unpaired) electrons. The normalized spacial score (nSPS) is 24.2. The number of azo groups is 1. The molecule has 3 aliphatic heterocycles. The lowest BCUT2D eigenvalue weighted by Gasteiger charge is -2.51. The molecule has 0 amide bonds. The number of nitrogens with zero attached hydrogens (tertiary/aromatic N) is 5. The number of aliphatic hydroxyl groups is 1. The summed E-state index contributed by atoms with van der Waals surface area (Å²) in [4.78, 5) is 11.4. The number of phenols is 1. The third-order valence-electron chi connectivity index (χ3n) is 8.19. The maximum Gasteiger partial charge on any atom is 0.143 e. The first-order valence-corrected chi connectivity index (χ1v) is 12.9. The maximum atomic E-state index is 11.7. The second-order valence-corrected chi connectivity index (χ2v) is 10.1. The van der Waals surface area contributed by atoms with Crippen LogP contribution in [0.2, 0.25) is 0 Å². The topological polar surface area (TPSA) is 103 Å². The Morgan fingerprint density at radius 1 is 1.14 bits per heavy atom. The molecule has 0 spiro atoms. The van der Waals surface area contributed by atoms with Crippen LogP contribution < -0.4 is 4.74 Å². The van der Waals surface area contributed by atoms with E-state index in [0.717, 1.165) is 24.9 Å². The summed E-state index contributed by atoms with van der Waals surface area (Å²) < 4.78 is 5.44. The van der Waals surface area contributed by atoms with Gasteiger partial charge in [0.25, 0.3) is 0 Å². The molecule has 5 heterocycles. The van der Waals surface area contributed by atoms with E-state index in [1.165, 1.54) is 12.8 Å². The third-order valence-corrected chi connectivity index (χ3v) is 8.19. The van der Waals surface area contributed by atoms with E-state index >= 15 is 0 Å². The lowest BCUT2D eigenvalue weighted by molar-refractivity contribution is -0.0562. The summed E-state index contributed by atoms with van der Waals surface area (Å²) in [6.45, 7) is 4.30. The molecule has 3 aliphatic rings. The number of piperidine rings is 3. The van der Waals surface area contributed by atoms with Gasteiger partial charge in [0.15, 0.2) is 0 Å². The van der Waals surface area contributed by atoms with Gasteiger partial charge in [-0.1, -0.05) is 19.4 Å². The number of rotatable bonds is 6. The monoisotopic (exact) mass is 497 g/mol. The number of aromatic hydroxyl groups is 1.